The predicted molar refractivity (Wildman–Crippen MR) is 51.0 cm³/mol. The molecule has 2 rings (SSSR count). The maximum atomic E-state index is 9.53. The van der Waals surface area contributed by atoms with Crippen molar-refractivity contribution in [2.24, 2.45) is 5.92 Å². The molecule has 0 aromatic rings. The van der Waals surface area contributed by atoms with Gasteiger partial charge in [0.2, 0.25) is 0 Å². The van der Waals surface area contributed by atoms with E-state index in [1.807, 2.05) is 20.8 Å². The lowest BCUT2D eigenvalue weighted by Crippen LogP contribution is -2.37. The maximum absolute atomic E-state index is 9.53. The monoisotopic (exact) mass is 218 g/mol. The van der Waals surface area contributed by atoms with Crippen LogP contribution < -0.4 is 0 Å². The van der Waals surface area contributed by atoms with Crippen LogP contribution in [0.5, 0.6) is 0 Å². The van der Waals surface area contributed by atoms with Crippen LogP contribution in [0, 0.1) is 5.92 Å². The summed E-state index contributed by atoms with van der Waals surface area (Å²) in [5.74, 6) is -0.613. The van der Waals surface area contributed by atoms with Gasteiger partial charge in [-0.1, -0.05) is 6.92 Å². The number of hydrogen-bond acceptors (Lipinski definition) is 5. The van der Waals surface area contributed by atoms with Crippen molar-refractivity contribution in [3.8, 4) is 0 Å². The van der Waals surface area contributed by atoms with Crippen LogP contribution in [0.3, 0.4) is 0 Å². The molecule has 5 heteroatoms. The highest BCUT2D eigenvalue weighted by Gasteiger charge is 2.54. The highest BCUT2D eigenvalue weighted by Crippen LogP contribution is 2.41. The van der Waals surface area contributed by atoms with E-state index in [1.165, 1.54) is 0 Å². The van der Waals surface area contributed by atoms with Gasteiger partial charge in [-0.15, -0.1) is 0 Å². The molecule has 2 heterocycles. The largest absolute Gasteiger partial charge is 0.394 e. The summed E-state index contributed by atoms with van der Waals surface area (Å²) in [5.41, 5.74) is 0. The van der Waals surface area contributed by atoms with E-state index in [0.717, 1.165) is 0 Å². The fourth-order valence-electron chi connectivity index (χ4n) is 2.23. The van der Waals surface area contributed by atoms with Crippen LogP contribution >= 0.6 is 0 Å². The molecule has 0 saturated carbocycles. The van der Waals surface area contributed by atoms with Gasteiger partial charge < -0.3 is 24.4 Å². The molecule has 0 radical (unpaired) electrons. The summed E-state index contributed by atoms with van der Waals surface area (Å²) in [6, 6.07) is 0. The lowest BCUT2D eigenvalue weighted by atomic mass is 9.97. The molecule has 5 atom stereocenters. The molecule has 0 aromatic carbocycles. The van der Waals surface area contributed by atoms with Gasteiger partial charge in [0, 0.05) is 5.92 Å². The van der Waals surface area contributed by atoms with Crippen molar-refractivity contribution >= 4 is 0 Å². The van der Waals surface area contributed by atoms with E-state index >= 15 is 0 Å². The van der Waals surface area contributed by atoms with Crippen molar-refractivity contribution in [3.63, 3.8) is 0 Å². The Labute approximate surface area is 88.9 Å². The minimum absolute atomic E-state index is 0.0129. The summed E-state index contributed by atoms with van der Waals surface area (Å²) in [6.45, 7) is 5.29. The molecule has 2 aliphatic rings. The molecule has 2 aliphatic heterocycles. The Balaban J connectivity index is 2.05. The number of fused-ring (bicyclic) bond motifs is 1. The van der Waals surface area contributed by atoms with Crippen molar-refractivity contribution in [3.05, 3.63) is 0 Å². The molecule has 2 saturated heterocycles. The second kappa shape index (κ2) is 3.68. The van der Waals surface area contributed by atoms with E-state index < -0.39 is 24.3 Å². The summed E-state index contributed by atoms with van der Waals surface area (Å²) >= 11 is 0. The van der Waals surface area contributed by atoms with Crippen molar-refractivity contribution in [1.82, 2.24) is 0 Å². The molecule has 88 valence electrons. The van der Waals surface area contributed by atoms with E-state index in [-0.39, 0.29) is 18.6 Å². The standard InChI is InChI=1S/C10H18O5/c1-5-7(6(12)4-11)13-9-8(5)14-10(2,3)15-9/h5-9,11-12H,4H2,1-3H3/t5?,6?,7-,8+,9+/m1/s1. The van der Waals surface area contributed by atoms with Gasteiger partial charge in [-0.3, -0.25) is 0 Å². The van der Waals surface area contributed by atoms with Crippen LogP contribution in [0.15, 0.2) is 0 Å². The van der Waals surface area contributed by atoms with E-state index in [2.05, 4.69) is 0 Å². The lowest BCUT2D eigenvalue weighted by Gasteiger charge is -2.25. The minimum atomic E-state index is -0.874. The molecule has 2 unspecified atom stereocenters. The Kier molecular flexibility index (Phi) is 2.77. The van der Waals surface area contributed by atoms with E-state index in [1.54, 1.807) is 0 Å². The number of aliphatic hydroxyl groups is 2. The fourth-order valence-corrected chi connectivity index (χ4v) is 2.23. The first-order valence-electron chi connectivity index (χ1n) is 5.24. The molecule has 5 nitrogen and oxygen atoms in total. The first-order chi connectivity index (χ1) is 6.94. The van der Waals surface area contributed by atoms with E-state index in [9.17, 15) is 5.11 Å². The molecule has 0 aromatic heterocycles. The molecule has 15 heavy (non-hydrogen) atoms. The van der Waals surface area contributed by atoms with Crippen LogP contribution in [0.1, 0.15) is 20.8 Å². The van der Waals surface area contributed by atoms with Crippen molar-refractivity contribution < 1.29 is 24.4 Å². The van der Waals surface area contributed by atoms with Gasteiger partial charge in [0.05, 0.1) is 12.7 Å². The smallest absolute Gasteiger partial charge is 0.187 e. The highest BCUT2D eigenvalue weighted by molar-refractivity contribution is 4.93. The zero-order chi connectivity index (χ0) is 11.2. The molecule has 0 spiro atoms. The topological polar surface area (TPSA) is 68.2 Å². The summed E-state index contributed by atoms with van der Waals surface area (Å²) in [7, 11) is 0. The number of hydrogen-bond donors (Lipinski definition) is 2. The van der Waals surface area contributed by atoms with Gasteiger partial charge in [0.15, 0.2) is 12.1 Å². The van der Waals surface area contributed by atoms with E-state index in [4.69, 9.17) is 19.3 Å². The Bertz CT molecular complexity index is 242. The average Bonchev–Trinajstić information content (AvgIpc) is 2.60. The SMILES string of the molecule is CC1[C@H](C(O)CO)O[C@H]2OC(C)(C)O[C@@H]12. The summed E-state index contributed by atoms with van der Waals surface area (Å²) in [6.07, 6.45) is -1.88. The Hall–Kier alpha value is -0.200. The second-order valence-electron chi connectivity index (χ2n) is 4.68. The molecule has 2 N–H and O–H groups in total. The predicted octanol–water partition coefficient (Wildman–Crippen LogP) is -0.148. The third kappa shape index (κ3) is 1.90. The van der Waals surface area contributed by atoms with Crippen LogP contribution in [0.25, 0.3) is 0 Å². The van der Waals surface area contributed by atoms with Gasteiger partial charge >= 0.3 is 0 Å². The highest BCUT2D eigenvalue weighted by atomic mass is 16.8. The third-order valence-electron chi connectivity index (χ3n) is 2.98. The van der Waals surface area contributed by atoms with Crippen LogP contribution in [0.4, 0.5) is 0 Å². The van der Waals surface area contributed by atoms with Gasteiger partial charge in [-0.05, 0) is 13.8 Å². The number of rotatable bonds is 2. The first kappa shape index (κ1) is 11.3. The van der Waals surface area contributed by atoms with Crippen LogP contribution in [-0.2, 0) is 14.2 Å². The molecular weight excluding hydrogens is 200 g/mol. The van der Waals surface area contributed by atoms with Gasteiger partial charge in [-0.2, -0.15) is 0 Å². The Morgan fingerprint density at radius 2 is 2.00 bits per heavy atom. The second-order valence-corrected chi connectivity index (χ2v) is 4.68. The van der Waals surface area contributed by atoms with Crippen molar-refractivity contribution in [2.75, 3.05) is 6.61 Å². The van der Waals surface area contributed by atoms with Crippen molar-refractivity contribution in [2.45, 2.75) is 51.2 Å². The first-order valence-corrected chi connectivity index (χ1v) is 5.24. The zero-order valence-corrected chi connectivity index (χ0v) is 9.21. The quantitative estimate of drug-likeness (QED) is 0.674. The zero-order valence-electron chi connectivity index (χ0n) is 9.21. The minimum Gasteiger partial charge on any atom is -0.394 e. The molecule has 0 aliphatic carbocycles. The average molecular weight is 218 g/mol. The van der Waals surface area contributed by atoms with Gasteiger partial charge in [0.25, 0.3) is 0 Å². The molecule has 0 bridgehead atoms. The van der Waals surface area contributed by atoms with Crippen LogP contribution in [0.2, 0.25) is 0 Å². The summed E-state index contributed by atoms with van der Waals surface area (Å²) in [4.78, 5) is 0. The maximum Gasteiger partial charge on any atom is 0.187 e. The van der Waals surface area contributed by atoms with Gasteiger partial charge in [-0.25, -0.2) is 0 Å². The Morgan fingerprint density at radius 1 is 1.33 bits per heavy atom. The van der Waals surface area contributed by atoms with Crippen LogP contribution in [-0.4, -0.2) is 47.2 Å². The molecular formula is C10H18O5. The number of aliphatic hydroxyl groups excluding tert-OH is 2. The van der Waals surface area contributed by atoms with Gasteiger partial charge in [0.1, 0.15) is 12.2 Å². The third-order valence-corrected chi connectivity index (χ3v) is 2.98. The normalized spacial score (nSPS) is 45.4. The summed E-state index contributed by atoms with van der Waals surface area (Å²) < 4.78 is 16.7. The van der Waals surface area contributed by atoms with E-state index in [0.29, 0.717) is 0 Å². The lowest BCUT2D eigenvalue weighted by molar-refractivity contribution is -0.221. The summed E-state index contributed by atoms with van der Waals surface area (Å²) in [5, 5.41) is 18.4. The number of ether oxygens (including phenoxy) is 3. The van der Waals surface area contributed by atoms with Crippen molar-refractivity contribution in [1.29, 1.82) is 0 Å². The molecule has 2 fully saturated rings. The Morgan fingerprint density at radius 3 is 2.53 bits per heavy atom. The molecule has 0 amide bonds. The fraction of sp³-hybridized carbons (Fsp3) is 1.00.